The van der Waals surface area contributed by atoms with Gasteiger partial charge in [-0.3, -0.25) is 19.2 Å². The Morgan fingerprint density at radius 3 is 2.50 bits per heavy atom. The smallest absolute Gasteiger partial charge is 0.260 e. The number of amides is 4. The second kappa shape index (κ2) is 16.6. The Hall–Kier alpha value is -3.96. The summed E-state index contributed by atoms with van der Waals surface area (Å²) in [5.74, 6) is -0.322. The van der Waals surface area contributed by atoms with E-state index in [2.05, 4.69) is 16.0 Å². The molecule has 3 aliphatic rings. The average molecular weight is 634 g/mol. The Morgan fingerprint density at radius 2 is 1.74 bits per heavy atom. The topological polar surface area (TPSA) is 129 Å². The van der Waals surface area contributed by atoms with Gasteiger partial charge in [-0.05, 0) is 54.5 Å². The maximum atomic E-state index is 13.4. The molecule has 0 bridgehead atoms. The summed E-state index contributed by atoms with van der Waals surface area (Å²) in [5.41, 5.74) is 2.53. The highest BCUT2D eigenvalue weighted by Gasteiger charge is 2.29. The highest BCUT2D eigenvalue weighted by molar-refractivity contribution is 5.91. The standard InChI is InChI=1S/C35H47N5O6/c1-45-23-29-11-6-17-40(29)34(43)24-46-30-14-12-25(13-15-30)19-31-35(44)37-21-27-8-3-2-7-26(27)20-33(42)39(22-32(41)38-31)18-16-36-28-9-4-5-10-28/h2-3,7-8,12-15,28-29,31,36H,4-6,9-11,16-24H2,1H3,(H,37,44)(H,38,41)/t29-,31+/m1/s1. The number of methoxy groups -OCH3 is 1. The lowest BCUT2D eigenvalue weighted by molar-refractivity contribution is -0.136. The van der Waals surface area contributed by atoms with Crippen molar-refractivity contribution in [1.82, 2.24) is 25.8 Å². The Morgan fingerprint density at radius 1 is 0.978 bits per heavy atom. The van der Waals surface area contributed by atoms with Gasteiger partial charge in [0.1, 0.15) is 11.8 Å². The number of likely N-dealkylation sites (tertiary alicyclic amines) is 1. The van der Waals surface area contributed by atoms with Crippen molar-refractivity contribution in [2.45, 2.75) is 76.0 Å². The fourth-order valence-corrected chi connectivity index (χ4v) is 6.65. The molecular weight excluding hydrogens is 586 g/mol. The van der Waals surface area contributed by atoms with Gasteiger partial charge in [-0.2, -0.15) is 0 Å². The summed E-state index contributed by atoms with van der Waals surface area (Å²) in [7, 11) is 1.64. The summed E-state index contributed by atoms with van der Waals surface area (Å²) in [4.78, 5) is 56.3. The lowest BCUT2D eigenvalue weighted by Crippen LogP contribution is -2.52. The Balaban J connectivity index is 1.22. The number of nitrogens with zero attached hydrogens (tertiary/aromatic N) is 2. The number of fused-ring (bicyclic) bond motifs is 1. The van der Waals surface area contributed by atoms with Crippen LogP contribution >= 0.6 is 0 Å². The first-order valence-corrected chi connectivity index (χ1v) is 16.5. The number of hydrogen-bond donors (Lipinski definition) is 3. The van der Waals surface area contributed by atoms with Gasteiger partial charge in [0.25, 0.3) is 5.91 Å². The van der Waals surface area contributed by atoms with E-state index < -0.39 is 6.04 Å². The first-order chi connectivity index (χ1) is 22.4. The van der Waals surface area contributed by atoms with Crippen LogP contribution in [-0.2, 0) is 43.3 Å². The van der Waals surface area contributed by atoms with Crippen LogP contribution in [0.25, 0.3) is 0 Å². The van der Waals surface area contributed by atoms with Crippen molar-refractivity contribution in [3.8, 4) is 5.75 Å². The lowest BCUT2D eigenvalue weighted by atomic mass is 10.0. The van der Waals surface area contributed by atoms with E-state index in [9.17, 15) is 19.2 Å². The molecular formula is C35H47N5O6. The molecule has 46 heavy (non-hydrogen) atoms. The lowest BCUT2D eigenvalue weighted by Gasteiger charge is -2.27. The highest BCUT2D eigenvalue weighted by Crippen LogP contribution is 2.20. The van der Waals surface area contributed by atoms with Crippen LogP contribution in [0.4, 0.5) is 0 Å². The molecule has 0 unspecified atom stereocenters. The Bertz CT molecular complexity index is 1350. The van der Waals surface area contributed by atoms with Gasteiger partial charge in [-0.1, -0.05) is 49.2 Å². The predicted molar refractivity (Wildman–Crippen MR) is 173 cm³/mol. The van der Waals surface area contributed by atoms with E-state index >= 15 is 0 Å². The van der Waals surface area contributed by atoms with E-state index in [1.807, 2.05) is 41.3 Å². The van der Waals surface area contributed by atoms with Crippen LogP contribution in [0.2, 0.25) is 0 Å². The van der Waals surface area contributed by atoms with Gasteiger partial charge >= 0.3 is 0 Å². The third-order valence-electron chi connectivity index (χ3n) is 9.20. The molecule has 4 amide bonds. The molecule has 2 aromatic carbocycles. The molecule has 0 radical (unpaired) electrons. The molecule has 2 aromatic rings. The van der Waals surface area contributed by atoms with E-state index in [-0.39, 0.29) is 62.2 Å². The summed E-state index contributed by atoms with van der Waals surface area (Å²) in [6, 6.07) is 14.5. The summed E-state index contributed by atoms with van der Waals surface area (Å²) in [6.07, 6.45) is 7.01. The third-order valence-corrected chi connectivity index (χ3v) is 9.20. The molecule has 2 atom stereocenters. The Labute approximate surface area is 271 Å². The van der Waals surface area contributed by atoms with Gasteiger partial charge in [-0.25, -0.2) is 0 Å². The zero-order chi connectivity index (χ0) is 32.3. The SMILES string of the molecule is COC[C@H]1CCCN1C(=O)COc1ccc(C[C@@H]2NC(=O)CN(CCNC3CCCC3)C(=O)Cc3ccccc3CNC2=O)cc1. The van der Waals surface area contributed by atoms with Gasteiger partial charge < -0.3 is 35.2 Å². The minimum Gasteiger partial charge on any atom is -0.484 e. The molecule has 1 saturated carbocycles. The second-order valence-electron chi connectivity index (χ2n) is 12.5. The number of carbonyl (C=O) groups excluding carboxylic acids is 4. The zero-order valence-electron chi connectivity index (χ0n) is 26.8. The third kappa shape index (κ3) is 9.29. The number of ether oxygens (including phenoxy) is 2. The first-order valence-electron chi connectivity index (χ1n) is 16.5. The molecule has 2 aliphatic heterocycles. The molecule has 1 saturated heterocycles. The second-order valence-corrected chi connectivity index (χ2v) is 12.5. The van der Waals surface area contributed by atoms with Gasteiger partial charge in [-0.15, -0.1) is 0 Å². The Kier molecular flexibility index (Phi) is 12.0. The van der Waals surface area contributed by atoms with Gasteiger partial charge in [0.15, 0.2) is 6.61 Å². The molecule has 0 aromatic heterocycles. The molecule has 5 rings (SSSR count). The molecule has 2 fully saturated rings. The summed E-state index contributed by atoms with van der Waals surface area (Å²) in [6.45, 7) is 2.32. The van der Waals surface area contributed by atoms with E-state index in [1.165, 1.54) is 12.8 Å². The fraction of sp³-hybridized carbons (Fsp3) is 0.543. The van der Waals surface area contributed by atoms with Crippen molar-refractivity contribution in [1.29, 1.82) is 0 Å². The molecule has 1 aliphatic carbocycles. The summed E-state index contributed by atoms with van der Waals surface area (Å²) >= 11 is 0. The minimum atomic E-state index is -0.839. The van der Waals surface area contributed by atoms with Crippen LogP contribution in [0.15, 0.2) is 48.5 Å². The maximum Gasteiger partial charge on any atom is 0.260 e. The van der Waals surface area contributed by atoms with Crippen LogP contribution in [0, 0.1) is 0 Å². The van der Waals surface area contributed by atoms with Crippen LogP contribution in [0.1, 0.15) is 55.2 Å². The van der Waals surface area contributed by atoms with Crippen molar-refractivity contribution in [3.05, 3.63) is 65.2 Å². The highest BCUT2D eigenvalue weighted by atomic mass is 16.5. The number of rotatable bonds is 11. The van der Waals surface area contributed by atoms with Crippen LogP contribution < -0.4 is 20.7 Å². The van der Waals surface area contributed by atoms with Crippen LogP contribution in [-0.4, -0.2) is 98.1 Å². The fourth-order valence-electron chi connectivity index (χ4n) is 6.65. The molecule has 0 spiro atoms. The van der Waals surface area contributed by atoms with Crippen LogP contribution in [0.5, 0.6) is 5.75 Å². The number of nitrogens with one attached hydrogen (secondary N) is 3. The summed E-state index contributed by atoms with van der Waals surface area (Å²) in [5, 5.41) is 9.37. The van der Waals surface area contributed by atoms with Crippen molar-refractivity contribution in [2.24, 2.45) is 0 Å². The summed E-state index contributed by atoms with van der Waals surface area (Å²) < 4.78 is 11.0. The zero-order valence-corrected chi connectivity index (χ0v) is 26.8. The van der Waals surface area contributed by atoms with E-state index in [0.29, 0.717) is 38.0 Å². The van der Waals surface area contributed by atoms with Crippen molar-refractivity contribution in [2.75, 3.05) is 46.5 Å². The predicted octanol–water partition coefficient (Wildman–Crippen LogP) is 1.96. The van der Waals surface area contributed by atoms with Crippen LogP contribution in [0.3, 0.4) is 0 Å². The largest absolute Gasteiger partial charge is 0.484 e. The van der Waals surface area contributed by atoms with E-state index in [0.717, 1.165) is 42.4 Å². The number of hydrogen-bond acceptors (Lipinski definition) is 7. The van der Waals surface area contributed by atoms with Gasteiger partial charge in [0, 0.05) is 45.8 Å². The number of benzene rings is 2. The molecule has 11 heteroatoms. The molecule has 3 N–H and O–H groups in total. The normalized spacial score (nSPS) is 21.3. The van der Waals surface area contributed by atoms with Gasteiger partial charge in [0.2, 0.25) is 17.7 Å². The van der Waals surface area contributed by atoms with Crippen molar-refractivity contribution < 1.29 is 28.7 Å². The van der Waals surface area contributed by atoms with E-state index in [1.54, 1.807) is 24.1 Å². The van der Waals surface area contributed by atoms with Crippen molar-refractivity contribution >= 4 is 23.6 Å². The first kappa shape index (κ1) is 33.4. The molecule has 248 valence electrons. The number of carbonyl (C=O) groups is 4. The molecule has 2 heterocycles. The molecule has 11 nitrogen and oxygen atoms in total. The monoisotopic (exact) mass is 633 g/mol. The average Bonchev–Trinajstić information content (AvgIpc) is 3.75. The minimum absolute atomic E-state index is 0.0620. The van der Waals surface area contributed by atoms with Crippen molar-refractivity contribution in [3.63, 3.8) is 0 Å². The van der Waals surface area contributed by atoms with Gasteiger partial charge in [0.05, 0.1) is 25.6 Å². The quantitative estimate of drug-likeness (QED) is 0.345. The van der Waals surface area contributed by atoms with E-state index in [4.69, 9.17) is 9.47 Å². The maximum absolute atomic E-state index is 13.4.